The van der Waals surface area contributed by atoms with Gasteiger partial charge in [0.05, 0.1) is 27.8 Å². The van der Waals surface area contributed by atoms with Gasteiger partial charge in [-0.15, -0.1) is 22.7 Å². The van der Waals surface area contributed by atoms with E-state index in [2.05, 4.69) is 260 Å². The molecule has 0 N–H and O–H groups in total. The maximum Gasteiger partial charge on any atom is 0.164 e. The Labute approximate surface area is 471 Å². The lowest BCUT2D eigenvalue weighted by Crippen LogP contribution is -2.10. The molecular weight excluding hydrogens is 1010 g/mol. The van der Waals surface area contributed by atoms with Crippen molar-refractivity contribution in [1.82, 2.24) is 24.1 Å². The topological polar surface area (TPSA) is 48.5 Å². The fourth-order valence-electron chi connectivity index (χ4n) is 12.5. The average Bonchev–Trinajstić information content (AvgIpc) is 4.39. The highest BCUT2D eigenvalue weighted by Crippen LogP contribution is 2.46. The van der Waals surface area contributed by atoms with E-state index in [4.69, 9.17) is 15.0 Å². The third kappa shape index (κ3) is 7.52. The van der Waals surface area contributed by atoms with Gasteiger partial charge in [-0.1, -0.05) is 179 Å². The molecule has 1 aliphatic rings. The van der Waals surface area contributed by atoms with Crippen LogP contribution in [0.2, 0.25) is 0 Å². The van der Waals surface area contributed by atoms with E-state index in [0.717, 1.165) is 74.2 Å². The Kier molecular flexibility index (Phi) is 10.6. The smallest absolute Gasteiger partial charge is 0.164 e. The number of fused-ring (bicyclic) bond motifs is 12. The quantitative estimate of drug-likeness (QED) is 0.160. The Morgan fingerprint density at radius 2 is 0.912 bits per heavy atom. The molecule has 0 fully saturated rings. The zero-order valence-electron chi connectivity index (χ0n) is 44.4. The van der Waals surface area contributed by atoms with Crippen LogP contribution in [0.5, 0.6) is 0 Å². The van der Waals surface area contributed by atoms with Gasteiger partial charge in [0.2, 0.25) is 0 Å². The van der Waals surface area contributed by atoms with Crippen molar-refractivity contribution in [1.29, 1.82) is 0 Å². The monoisotopic (exact) mass is 1060 g/mol. The summed E-state index contributed by atoms with van der Waals surface area (Å²) >= 11 is 3.70. The highest BCUT2D eigenvalue weighted by atomic mass is 32.1. The molecule has 0 radical (unpaired) electrons. The van der Waals surface area contributed by atoms with Crippen LogP contribution in [0.15, 0.2) is 224 Å². The van der Waals surface area contributed by atoms with Crippen molar-refractivity contribution in [3.8, 4) is 67.8 Å². The SMILES string of the molecule is CC(C)(C)c1ccc2c(c1)c1cc(-n3c4ccccc4c4ccccc43)ccc1n2-c1c(-c2ccccc2)cc(-c2nc(-c3ccc4c5c(sc4c3)CCC=C5)nc(-c3ccc4c(c3)sc3ccccc34)n2)cc1-c1ccccc1. The molecule has 0 bridgehead atoms. The van der Waals surface area contributed by atoms with E-state index in [0.29, 0.717) is 17.5 Å². The number of nitrogens with zero attached hydrogens (tertiary/aromatic N) is 5. The maximum atomic E-state index is 5.52. The summed E-state index contributed by atoms with van der Waals surface area (Å²) in [6.07, 6.45) is 6.74. The van der Waals surface area contributed by atoms with Crippen LogP contribution in [0.1, 0.15) is 43.2 Å². The number of allylic oxidation sites excluding steroid dienone is 1. The summed E-state index contributed by atoms with van der Waals surface area (Å²) in [5, 5.41) is 8.68. The molecule has 7 heteroatoms. The molecule has 80 heavy (non-hydrogen) atoms. The Morgan fingerprint density at radius 1 is 0.388 bits per heavy atom. The van der Waals surface area contributed by atoms with Gasteiger partial charge >= 0.3 is 0 Å². The molecule has 16 rings (SSSR count). The minimum absolute atomic E-state index is 0.0722. The predicted octanol–water partition coefficient (Wildman–Crippen LogP) is 20.2. The first-order chi connectivity index (χ1) is 39.3. The molecule has 5 aromatic heterocycles. The molecule has 15 aromatic rings. The summed E-state index contributed by atoms with van der Waals surface area (Å²) in [4.78, 5) is 17.9. The van der Waals surface area contributed by atoms with Gasteiger partial charge in [-0.3, -0.25) is 0 Å². The van der Waals surface area contributed by atoms with Crippen LogP contribution in [-0.4, -0.2) is 24.1 Å². The van der Waals surface area contributed by atoms with Crippen LogP contribution in [-0.2, 0) is 11.8 Å². The molecular formula is C73H51N5S2. The molecule has 0 aliphatic heterocycles. The van der Waals surface area contributed by atoms with Crippen molar-refractivity contribution in [2.24, 2.45) is 0 Å². The molecule has 0 atom stereocenters. The van der Waals surface area contributed by atoms with E-state index in [-0.39, 0.29) is 5.41 Å². The first-order valence-electron chi connectivity index (χ1n) is 27.5. The maximum absolute atomic E-state index is 5.52. The van der Waals surface area contributed by atoms with Gasteiger partial charge < -0.3 is 9.13 Å². The lowest BCUT2D eigenvalue weighted by molar-refractivity contribution is 0.591. The third-order valence-electron chi connectivity index (χ3n) is 16.4. The summed E-state index contributed by atoms with van der Waals surface area (Å²) in [6, 6.07) is 80.2. The first-order valence-corrected chi connectivity index (χ1v) is 29.2. The number of aryl methyl sites for hydroxylation is 1. The fraction of sp³-hybridized carbons (Fsp3) is 0.0822. The van der Waals surface area contributed by atoms with Gasteiger partial charge in [0.1, 0.15) is 0 Å². The van der Waals surface area contributed by atoms with Crippen molar-refractivity contribution in [3.63, 3.8) is 0 Å². The van der Waals surface area contributed by atoms with Crippen LogP contribution in [0, 0.1) is 0 Å². The molecule has 5 heterocycles. The number of para-hydroxylation sites is 2. The molecule has 5 nitrogen and oxygen atoms in total. The number of hydrogen-bond donors (Lipinski definition) is 0. The summed E-state index contributed by atoms with van der Waals surface area (Å²) < 4.78 is 8.68. The van der Waals surface area contributed by atoms with Crippen LogP contribution in [0.3, 0.4) is 0 Å². The highest BCUT2D eigenvalue weighted by molar-refractivity contribution is 7.25. The first kappa shape index (κ1) is 46.8. The molecule has 10 aromatic carbocycles. The van der Waals surface area contributed by atoms with Gasteiger partial charge in [0.15, 0.2) is 17.5 Å². The van der Waals surface area contributed by atoms with Crippen LogP contribution < -0.4 is 0 Å². The Balaban J connectivity index is 0.968. The molecule has 0 unspecified atom stereocenters. The number of aromatic nitrogens is 5. The summed E-state index contributed by atoms with van der Waals surface area (Å²) in [5.41, 5.74) is 16.6. The van der Waals surface area contributed by atoms with Crippen molar-refractivity contribution in [2.45, 2.75) is 39.0 Å². The predicted molar refractivity (Wildman–Crippen MR) is 340 cm³/mol. The molecule has 1 aliphatic carbocycles. The fourth-order valence-corrected chi connectivity index (χ4v) is 14.8. The van der Waals surface area contributed by atoms with E-state index in [9.17, 15) is 0 Å². The van der Waals surface area contributed by atoms with E-state index in [1.807, 2.05) is 22.7 Å². The van der Waals surface area contributed by atoms with E-state index >= 15 is 0 Å². The molecule has 0 amide bonds. The van der Waals surface area contributed by atoms with Crippen molar-refractivity contribution < 1.29 is 0 Å². The van der Waals surface area contributed by atoms with Gasteiger partial charge in [0, 0.05) is 84.8 Å². The lowest BCUT2D eigenvalue weighted by Gasteiger charge is -2.22. The Morgan fingerprint density at radius 3 is 1.56 bits per heavy atom. The number of hydrogen-bond acceptors (Lipinski definition) is 5. The summed E-state index contributed by atoms with van der Waals surface area (Å²) in [6.45, 7) is 6.92. The van der Waals surface area contributed by atoms with Crippen LogP contribution in [0.25, 0.3) is 148 Å². The highest BCUT2D eigenvalue weighted by Gasteiger charge is 2.26. The summed E-state index contributed by atoms with van der Waals surface area (Å²) in [7, 11) is 0. The normalized spacial score (nSPS) is 12.8. The standard InChI is InChI=1S/C73H51N5S2/c1-73(2,3)49-32-36-63-59(42-49)60-43-50(77-61-26-14-10-22-51(61)52-23-11-15-27-62(52)77)33-37-64(60)78(63)69-57(44-18-6-4-7-19-44)38-48(39-58(69)45-20-8-5-9-21-45)72-75-70(46-30-34-55-53-24-12-16-28-65(53)79-67(55)40-46)74-71(76-72)47-31-35-56-54-25-13-17-29-66(54)80-68(56)41-47/h4-16,18-28,30-43H,17,29H2,1-3H3. The summed E-state index contributed by atoms with van der Waals surface area (Å²) in [5.74, 6) is 1.90. The molecule has 380 valence electrons. The van der Waals surface area contributed by atoms with Crippen molar-refractivity contribution in [2.75, 3.05) is 0 Å². The van der Waals surface area contributed by atoms with Gasteiger partial charge in [-0.25, -0.2) is 15.0 Å². The Bertz CT molecular complexity index is 4930. The number of benzene rings is 10. The Hall–Kier alpha value is -9.27. The number of rotatable bonds is 7. The van der Waals surface area contributed by atoms with E-state index in [1.54, 1.807) is 0 Å². The average molecular weight is 1060 g/mol. The van der Waals surface area contributed by atoms with Gasteiger partial charge in [-0.2, -0.15) is 0 Å². The molecule has 0 saturated heterocycles. The van der Waals surface area contributed by atoms with Gasteiger partial charge in [0.25, 0.3) is 0 Å². The second kappa shape index (κ2) is 18.1. The van der Waals surface area contributed by atoms with E-state index in [1.165, 1.54) is 78.8 Å². The second-order valence-electron chi connectivity index (χ2n) is 22.2. The zero-order chi connectivity index (χ0) is 53.2. The van der Waals surface area contributed by atoms with E-state index < -0.39 is 0 Å². The minimum Gasteiger partial charge on any atom is -0.309 e. The van der Waals surface area contributed by atoms with Crippen molar-refractivity contribution in [3.05, 3.63) is 240 Å². The van der Waals surface area contributed by atoms with Crippen molar-refractivity contribution >= 4 is 103 Å². The molecule has 0 spiro atoms. The lowest BCUT2D eigenvalue weighted by atomic mass is 9.86. The van der Waals surface area contributed by atoms with Gasteiger partial charge in [-0.05, 0) is 119 Å². The second-order valence-corrected chi connectivity index (χ2v) is 24.5. The zero-order valence-corrected chi connectivity index (χ0v) is 46.0. The largest absolute Gasteiger partial charge is 0.309 e. The molecule has 0 saturated carbocycles. The third-order valence-corrected chi connectivity index (χ3v) is 18.7. The van der Waals surface area contributed by atoms with Crippen LogP contribution in [0.4, 0.5) is 0 Å². The number of thiophene rings is 2. The van der Waals surface area contributed by atoms with Crippen LogP contribution >= 0.6 is 22.7 Å². The minimum atomic E-state index is -0.0722.